The van der Waals surface area contributed by atoms with Crippen LogP contribution in [0.15, 0.2) is 23.1 Å². The number of nitrogens with one attached hydrogen (secondary N) is 1. The van der Waals surface area contributed by atoms with Crippen molar-refractivity contribution in [3.05, 3.63) is 29.4 Å². The van der Waals surface area contributed by atoms with E-state index in [0.29, 0.717) is 18.8 Å². The fourth-order valence-electron chi connectivity index (χ4n) is 4.59. The Hall–Kier alpha value is -2.29. The number of halogens is 2. The standard InChI is InChI=1S/C21H26F2N6S/c1-12-16-10-24-29(13-6-8-21(22,23)9-7-13)19(16)27-18(25-12)15-5-4-14(15)17-11-30-20(26-17)28(2)3/h10-11,13-15H,1,4-9H2,2-3H3,(H,25,27)/t14-,15-/m1/s1. The molecule has 2 aromatic rings. The molecule has 2 fully saturated rings. The third-order valence-electron chi connectivity index (χ3n) is 6.53. The van der Waals surface area contributed by atoms with Crippen LogP contribution in [0.1, 0.15) is 61.7 Å². The molecule has 0 spiro atoms. The number of rotatable bonds is 4. The van der Waals surface area contributed by atoms with Crippen LogP contribution in [0.2, 0.25) is 0 Å². The summed E-state index contributed by atoms with van der Waals surface area (Å²) in [5, 5.41) is 11.0. The van der Waals surface area contributed by atoms with Crippen molar-refractivity contribution in [2.45, 2.75) is 56.4 Å². The lowest BCUT2D eigenvalue weighted by atomic mass is 9.71. The zero-order valence-electron chi connectivity index (χ0n) is 17.2. The first-order valence-corrected chi connectivity index (χ1v) is 11.3. The van der Waals surface area contributed by atoms with E-state index >= 15 is 0 Å². The molecule has 0 bridgehead atoms. The van der Waals surface area contributed by atoms with Gasteiger partial charge < -0.3 is 10.2 Å². The minimum atomic E-state index is -2.55. The average molecular weight is 433 g/mol. The molecule has 0 saturated heterocycles. The summed E-state index contributed by atoms with van der Waals surface area (Å²) < 4.78 is 29.1. The zero-order valence-corrected chi connectivity index (χ0v) is 18.1. The van der Waals surface area contributed by atoms with E-state index in [9.17, 15) is 8.78 Å². The van der Waals surface area contributed by atoms with Crippen LogP contribution in [0.25, 0.3) is 5.70 Å². The monoisotopic (exact) mass is 432 g/mol. The Labute approximate surface area is 178 Å². The molecule has 1 N–H and O–H groups in total. The van der Waals surface area contributed by atoms with Crippen molar-refractivity contribution < 1.29 is 8.78 Å². The van der Waals surface area contributed by atoms with Gasteiger partial charge in [-0.2, -0.15) is 5.10 Å². The van der Waals surface area contributed by atoms with Crippen LogP contribution in [0.4, 0.5) is 19.7 Å². The van der Waals surface area contributed by atoms with Crippen molar-refractivity contribution in [1.29, 1.82) is 0 Å². The highest BCUT2D eigenvalue weighted by molar-refractivity contribution is 7.13. The molecule has 9 heteroatoms. The van der Waals surface area contributed by atoms with Crippen molar-refractivity contribution in [3.63, 3.8) is 0 Å². The number of aromatic nitrogens is 3. The smallest absolute Gasteiger partial charge is 0.248 e. The number of amidine groups is 1. The van der Waals surface area contributed by atoms with E-state index in [0.717, 1.165) is 46.6 Å². The molecule has 6 nitrogen and oxygen atoms in total. The van der Waals surface area contributed by atoms with E-state index in [1.165, 1.54) is 0 Å². The van der Waals surface area contributed by atoms with Crippen LogP contribution in [-0.4, -0.2) is 40.6 Å². The Balaban J connectivity index is 1.41. The Bertz CT molecular complexity index is 997. The second-order valence-corrected chi connectivity index (χ2v) is 9.59. The van der Waals surface area contributed by atoms with Gasteiger partial charge in [-0.15, -0.1) is 11.3 Å². The lowest BCUT2D eigenvalue weighted by molar-refractivity contribution is -0.0448. The Morgan fingerprint density at radius 1 is 1.20 bits per heavy atom. The maximum Gasteiger partial charge on any atom is 0.248 e. The summed E-state index contributed by atoms with van der Waals surface area (Å²) in [6.07, 6.45) is 4.53. The predicted octanol–water partition coefficient (Wildman–Crippen LogP) is 4.95. The summed E-state index contributed by atoms with van der Waals surface area (Å²) in [7, 11) is 4.00. The highest BCUT2D eigenvalue weighted by Gasteiger charge is 2.41. The molecule has 3 heterocycles. The molecule has 1 aliphatic heterocycles. The fourth-order valence-corrected chi connectivity index (χ4v) is 5.41. The lowest BCUT2D eigenvalue weighted by Gasteiger charge is -2.38. The summed E-state index contributed by atoms with van der Waals surface area (Å²) in [6, 6.07) is -0.0392. The maximum atomic E-state index is 13.6. The highest BCUT2D eigenvalue weighted by atomic mass is 32.1. The van der Waals surface area contributed by atoms with Crippen LogP contribution < -0.4 is 10.2 Å². The first-order chi connectivity index (χ1) is 14.3. The molecule has 2 aliphatic carbocycles. The van der Waals surface area contributed by atoms with Crippen LogP contribution in [-0.2, 0) is 0 Å². The molecule has 5 rings (SSSR count). The van der Waals surface area contributed by atoms with Gasteiger partial charge in [0.25, 0.3) is 0 Å². The maximum absolute atomic E-state index is 13.6. The van der Waals surface area contributed by atoms with Gasteiger partial charge in [-0.1, -0.05) is 6.58 Å². The van der Waals surface area contributed by atoms with Gasteiger partial charge in [0.05, 0.1) is 23.5 Å². The molecule has 160 valence electrons. The van der Waals surface area contributed by atoms with Crippen LogP contribution in [0, 0.1) is 5.92 Å². The minimum absolute atomic E-state index is 0.0392. The molecular weight excluding hydrogens is 406 g/mol. The van der Waals surface area contributed by atoms with E-state index < -0.39 is 5.92 Å². The number of alkyl halides is 2. The van der Waals surface area contributed by atoms with Gasteiger partial charge in [-0.05, 0) is 25.7 Å². The van der Waals surface area contributed by atoms with E-state index in [1.54, 1.807) is 17.5 Å². The van der Waals surface area contributed by atoms with Gasteiger partial charge in [0.2, 0.25) is 5.92 Å². The predicted molar refractivity (Wildman–Crippen MR) is 116 cm³/mol. The van der Waals surface area contributed by atoms with Crippen molar-refractivity contribution in [1.82, 2.24) is 20.1 Å². The van der Waals surface area contributed by atoms with Gasteiger partial charge in [0.15, 0.2) is 10.9 Å². The van der Waals surface area contributed by atoms with Gasteiger partial charge in [-0.25, -0.2) is 23.4 Å². The van der Waals surface area contributed by atoms with E-state index in [-0.39, 0.29) is 24.8 Å². The molecule has 2 aromatic heterocycles. The number of anilines is 1. The third kappa shape index (κ3) is 3.33. The number of hydrogen-bond acceptors (Lipinski definition) is 6. The first-order valence-electron chi connectivity index (χ1n) is 10.5. The van der Waals surface area contributed by atoms with Crippen LogP contribution in [0.5, 0.6) is 0 Å². The van der Waals surface area contributed by atoms with Crippen molar-refractivity contribution in [2.75, 3.05) is 19.0 Å². The Morgan fingerprint density at radius 2 is 1.93 bits per heavy atom. The second kappa shape index (κ2) is 7.14. The van der Waals surface area contributed by atoms with Crippen LogP contribution in [0.3, 0.4) is 0 Å². The number of nitrogens with zero attached hydrogens (tertiary/aromatic N) is 5. The summed E-state index contributed by atoms with van der Waals surface area (Å²) in [5.41, 5.74) is 2.75. The Morgan fingerprint density at radius 3 is 2.57 bits per heavy atom. The van der Waals surface area contributed by atoms with Gasteiger partial charge in [0.1, 0.15) is 5.84 Å². The first kappa shape index (κ1) is 19.7. The van der Waals surface area contributed by atoms with E-state index in [1.807, 2.05) is 23.7 Å². The van der Waals surface area contributed by atoms with Crippen LogP contribution >= 0.6 is 11.3 Å². The Kier molecular flexibility index (Phi) is 4.68. The summed E-state index contributed by atoms with van der Waals surface area (Å²) >= 11 is 1.66. The molecule has 0 radical (unpaired) electrons. The molecule has 2 saturated carbocycles. The van der Waals surface area contributed by atoms with Gasteiger partial charge in [-0.3, -0.25) is 0 Å². The number of hydrogen-bond donors (Lipinski definition) is 1. The molecule has 3 aliphatic rings. The molecule has 30 heavy (non-hydrogen) atoms. The lowest BCUT2D eigenvalue weighted by Crippen LogP contribution is -2.40. The molecule has 2 atom stereocenters. The molecule has 0 amide bonds. The number of thiazole rings is 1. The van der Waals surface area contributed by atoms with Gasteiger partial charge >= 0.3 is 0 Å². The normalized spacial score (nSPS) is 25.9. The summed E-state index contributed by atoms with van der Waals surface area (Å²) in [5.74, 6) is -0.319. The highest BCUT2D eigenvalue weighted by Crippen LogP contribution is 2.46. The molecular formula is C21H26F2N6S. The van der Waals surface area contributed by atoms with Crippen molar-refractivity contribution >= 4 is 33.8 Å². The number of fused-ring (bicyclic) bond motifs is 1. The second-order valence-electron chi connectivity index (χ2n) is 8.75. The topological polar surface area (TPSA) is 58.3 Å². The fraction of sp³-hybridized carbons (Fsp3) is 0.571. The zero-order chi connectivity index (χ0) is 21.0. The molecule has 0 aromatic carbocycles. The van der Waals surface area contributed by atoms with Crippen molar-refractivity contribution in [3.8, 4) is 0 Å². The van der Waals surface area contributed by atoms with Gasteiger partial charge in [0, 0.05) is 49.8 Å². The minimum Gasteiger partial charge on any atom is -0.354 e. The number of aliphatic imine (C=N–C) groups is 1. The summed E-state index contributed by atoms with van der Waals surface area (Å²) in [4.78, 5) is 11.7. The van der Waals surface area contributed by atoms with Crippen molar-refractivity contribution in [2.24, 2.45) is 10.9 Å². The largest absolute Gasteiger partial charge is 0.354 e. The average Bonchev–Trinajstić information content (AvgIpc) is 3.29. The third-order valence-corrected chi connectivity index (χ3v) is 7.56. The summed E-state index contributed by atoms with van der Waals surface area (Å²) in [6.45, 7) is 4.17. The van der Waals surface area contributed by atoms with E-state index in [4.69, 9.17) is 9.98 Å². The SMILES string of the molecule is C=C1NC([C@@H]2CC[C@H]2c2csc(N(C)C)n2)=Nc2c1cnn2C1CCC(F)(F)CC1. The molecule has 0 unspecified atom stereocenters. The van der Waals surface area contributed by atoms with E-state index in [2.05, 4.69) is 22.4 Å². The quantitative estimate of drug-likeness (QED) is 0.742.